The van der Waals surface area contributed by atoms with E-state index < -0.39 is 29.3 Å². The molecule has 2 aromatic rings. The Labute approximate surface area is 183 Å². The van der Waals surface area contributed by atoms with Gasteiger partial charge in [-0.25, -0.2) is 4.79 Å². The summed E-state index contributed by atoms with van der Waals surface area (Å²) in [6.07, 6.45) is 2.41. The number of halogens is 3. The van der Waals surface area contributed by atoms with Gasteiger partial charge in [-0.15, -0.1) is 11.8 Å². The van der Waals surface area contributed by atoms with E-state index in [0.717, 1.165) is 44.2 Å². The molecule has 1 unspecified atom stereocenters. The maximum atomic E-state index is 13.3. The largest absolute Gasteiger partial charge is 0.480 e. The third-order valence-corrected chi connectivity index (χ3v) is 6.70. The minimum Gasteiger partial charge on any atom is -0.480 e. The summed E-state index contributed by atoms with van der Waals surface area (Å²) in [5.41, 5.74) is 0.415. The minimum atomic E-state index is -4.49. The van der Waals surface area contributed by atoms with E-state index in [1.54, 1.807) is 6.07 Å². The van der Waals surface area contributed by atoms with Gasteiger partial charge in [-0.2, -0.15) is 13.2 Å². The molecule has 1 aromatic heterocycles. The second kappa shape index (κ2) is 9.94. The molecule has 2 heterocycles. The van der Waals surface area contributed by atoms with E-state index in [4.69, 9.17) is 0 Å². The highest BCUT2D eigenvalue weighted by molar-refractivity contribution is 7.99. The summed E-state index contributed by atoms with van der Waals surface area (Å²) in [5, 5.41) is 9.93. The maximum absolute atomic E-state index is 13.3. The Kier molecular flexibility index (Phi) is 7.51. The molecule has 1 aliphatic rings. The SMILES string of the molecule is CCCCCCCCc1cc(=O)n2c(c1-c1cccc(C(F)(F)F)c1)SCC2C(=O)O. The molecular formula is C23H26F3NO3S. The van der Waals surface area contributed by atoms with Crippen LogP contribution >= 0.6 is 11.8 Å². The lowest BCUT2D eigenvalue weighted by atomic mass is 9.95. The number of alkyl halides is 3. The van der Waals surface area contributed by atoms with Crippen LogP contribution in [-0.4, -0.2) is 21.4 Å². The number of aromatic nitrogens is 1. The number of carbonyl (C=O) groups is 1. The molecule has 1 aliphatic heterocycles. The van der Waals surface area contributed by atoms with Crippen molar-refractivity contribution in [1.82, 2.24) is 4.57 Å². The minimum absolute atomic E-state index is 0.178. The number of carboxylic acids is 1. The van der Waals surface area contributed by atoms with Crippen LogP contribution in [0.4, 0.5) is 13.2 Å². The van der Waals surface area contributed by atoms with Gasteiger partial charge in [-0.05, 0) is 36.1 Å². The number of aryl methyl sites for hydroxylation is 1. The average Bonchev–Trinajstić information content (AvgIpc) is 3.16. The van der Waals surface area contributed by atoms with Crippen LogP contribution in [-0.2, 0) is 17.4 Å². The zero-order chi connectivity index (χ0) is 22.6. The smallest absolute Gasteiger partial charge is 0.416 e. The molecule has 0 bridgehead atoms. The highest BCUT2D eigenvalue weighted by Gasteiger charge is 2.34. The van der Waals surface area contributed by atoms with Crippen LogP contribution in [0.2, 0.25) is 0 Å². The van der Waals surface area contributed by atoms with Crippen molar-refractivity contribution in [1.29, 1.82) is 0 Å². The van der Waals surface area contributed by atoms with Crippen molar-refractivity contribution in [2.24, 2.45) is 0 Å². The van der Waals surface area contributed by atoms with E-state index in [1.807, 2.05) is 0 Å². The molecule has 0 amide bonds. The molecule has 0 radical (unpaired) electrons. The number of hydrogen-bond donors (Lipinski definition) is 1. The Morgan fingerprint density at radius 1 is 1.16 bits per heavy atom. The van der Waals surface area contributed by atoms with E-state index in [-0.39, 0.29) is 5.75 Å². The van der Waals surface area contributed by atoms with Gasteiger partial charge < -0.3 is 5.11 Å². The first-order chi connectivity index (χ1) is 14.7. The summed E-state index contributed by atoms with van der Waals surface area (Å²) >= 11 is 1.22. The highest BCUT2D eigenvalue weighted by atomic mass is 32.2. The fourth-order valence-electron chi connectivity index (χ4n) is 3.95. The number of carboxylic acid groups (broad SMARTS) is 1. The second-order valence-electron chi connectivity index (χ2n) is 7.82. The van der Waals surface area contributed by atoms with E-state index >= 15 is 0 Å². The topological polar surface area (TPSA) is 59.3 Å². The molecule has 3 rings (SSSR count). The molecule has 0 spiro atoms. The van der Waals surface area contributed by atoms with Gasteiger partial charge in [0.25, 0.3) is 5.56 Å². The first-order valence-electron chi connectivity index (χ1n) is 10.6. The maximum Gasteiger partial charge on any atom is 0.416 e. The number of fused-ring (bicyclic) bond motifs is 1. The molecule has 0 saturated heterocycles. The number of thioether (sulfide) groups is 1. The number of unbranched alkanes of at least 4 members (excludes halogenated alkanes) is 5. The molecule has 0 aliphatic carbocycles. The number of pyridine rings is 1. The van der Waals surface area contributed by atoms with Gasteiger partial charge >= 0.3 is 12.1 Å². The van der Waals surface area contributed by atoms with Gasteiger partial charge in [0.05, 0.1) is 10.6 Å². The first-order valence-corrected chi connectivity index (χ1v) is 11.5. The summed E-state index contributed by atoms with van der Waals surface area (Å²) in [6, 6.07) is 5.44. The van der Waals surface area contributed by atoms with Crippen molar-refractivity contribution in [3.05, 3.63) is 51.8 Å². The Bertz CT molecular complexity index is 1000. The van der Waals surface area contributed by atoms with Crippen LogP contribution in [0.3, 0.4) is 0 Å². The number of hydrogen-bond acceptors (Lipinski definition) is 3. The summed E-state index contributed by atoms with van der Waals surface area (Å²) in [5.74, 6) is -0.941. The van der Waals surface area contributed by atoms with Crippen LogP contribution in [0.15, 0.2) is 40.2 Å². The summed E-state index contributed by atoms with van der Waals surface area (Å²) < 4.78 is 41.1. The fraction of sp³-hybridized carbons (Fsp3) is 0.478. The standard InChI is InChI=1S/C23H26F3NO3S/c1-2-3-4-5-6-7-9-16-13-19(28)27-18(22(29)30)14-31-21(27)20(16)15-10-8-11-17(12-15)23(24,25)26/h8,10-13,18H,2-7,9,14H2,1H3,(H,29,30). The van der Waals surface area contributed by atoms with Crippen molar-refractivity contribution < 1.29 is 23.1 Å². The monoisotopic (exact) mass is 453 g/mol. The van der Waals surface area contributed by atoms with Crippen LogP contribution < -0.4 is 5.56 Å². The van der Waals surface area contributed by atoms with Gasteiger partial charge in [0.2, 0.25) is 0 Å². The third kappa shape index (κ3) is 5.34. The van der Waals surface area contributed by atoms with Crippen LogP contribution in [0.1, 0.15) is 62.6 Å². The molecule has 1 atom stereocenters. The quantitative estimate of drug-likeness (QED) is 0.462. The van der Waals surface area contributed by atoms with Gasteiger partial charge in [0.15, 0.2) is 0 Å². The molecule has 0 saturated carbocycles. The lowest BCUT2D eigenvalue weighted by Crippen LogP contribution is -2.29. The predicted octanol–water partition coefficient (Wildman–Crippen LogP) is 6.17. The molecule has 1 aromatic carbocycles. The predicted molar refractivity (Wildman–Crippen MR) is 116 cm³/mol. The number of rotatable bonds is 9. The molecule has 1 N–H and O–H groups in total. The number of nitrogens with zero attached hydrogens (tertiary/aromatic N) is 1. The molecule has 31 heavy (non-hydrogen) atoms. The van der Waals surface area contributed by atoms with E-state index in [1.165, 1.54) is 34.9 Å². The third-order valence-electron chi connectivity index (χ3n) is 5.54. The van der Waals surface area contributed by atoms with Crippen LogP contribution in [0.5, 0.6) is 0 Å². The number of aliphatic carboxylic acids is 1. The van der Waals surface area contributed by atoms with Crippen molar-refractivity contribution in [2.75, 3.05) is 5.75 Å². The van der Waals surface area contributed by atoms with Gasteiger partial charge in [0, 0.05) is 17.4 Å². The summed E-state index contributed by atoms with van der Waals surface area (Å²) in [4.78, 5) is 24.3. The van der Waals surface area contributed by atoms with Crippen molar-refractivity contribution in [3.63, 3.8) is 0 Å². The Morgan fingerprint density at radius 3 is 2.55 bits per heavy atom. The van der Waals surface area contributed by atoms with Crippen LogP contribution in [0, 0.1) is 0 Å². The molecule has 4 nitrogen and oxygen atoms in total. The Hall–Kier alpha value is -2.22. The zero-order valence-corrected chi connectivity index (χ0v) is 18.2. The van der Waals surface area contributed by atoms with Gasteiger partial charge in [-0.1, -0.05) is 51.2 Å². The Morgan fingerprint density at radius 2 is 1.87 bits per heavy atom. The zero-order valence-electron chi connectivity index (χ0n) is 17.4. The lowest BCUT2D eigenvalue weighted by molar-refractivity contribution is -0.140. The van der Waals surface area contributed by atoms with Crippen molar-refractivity contribution >= 4 is 17.7 Å². The normalized spacial score (nSPS) is 15.8. The van der Waals surface area contributed by atoms with Crippen LogP contribution in [0.25, 0.3) is 11.1 Å². The molecule has 0 fully saturated rings. The molecule has 168 valence electrons. The van der Waals surface area contributed by atoms with Gasteiger partial charge in [0.1, 0.15) is 6.04 Å². The molecule has 8 heteroatoms. The Balaban J connectivity index is 2.03. The highest BCUT2D eigenvalue weighted by Crippen LogP contribution is 2.42. The lowest BCUT2D eigenvalue weighted by Gasteiger charge is -2.18. The number of benzene rings is 1. The average molecular weight is 454 g/mol. The molecular weight excluding hydrogens is 427 g/mol. The first kappa shape index (κ1) is 23.4. The van der Waals surface area contributed by atoms with Crippen molar-refractivity contribution in [3.8, 4) is 11.1 Å². The summed E-state index contributed by atoms with van der Waals surface area (Å²) in [6.45, 7) is 2.14. The second-order valence-corrected chi connectivity index (χ2v) is 8.83. The van der Waals surface area contributed by atoms with Crippen molar-refractivity contribution in [2.45, 2.75) is 69.1 Å². The summed E-state index contributed by atoms with van der Waals surface area (Å²) in [7, 11) is 0. The van der Waals surface area contributed by atoms with Gasteiger partial charge in [-0.3, -0.25) is 9.36 Å². The van der Waals surface area contributed by atoms with E-state index in [2.05, 4.69) is 6.92 Å². The fourth-order valence-corrected chi connectivity index (χ4v) is 5.31. The van der Waals surface area contributed by atoms with E-state index in [0.29, 0.717) is 28.1 Å². The van der Waals surface area contributed by atoms with E-state index in [9.17, 15) is 27.9 Å².